The summed E-state index contributed by atoms with van der Waals surface area (Å²) in [4.78, 5) is 26.8. The highest BCUT2D eigenvalue weighted by Gasteiger charge is 2.44. The van der Waals surface area contributed by atoms with Crippen LogP contribution in [0.2, 0.25) is 0 Å². The molecule has 2 fully saturated rings. The second kappa shape index (κ2) is 6.71. The molecule has 0 spiro atoms. The van der Waals surface area contributed by atoms with Gasteiger partial charge in [0.25, 0.3) is 0 Å². The van der Waals surface area contributed by atoms with Crippen molar-refractivity contribution in [1.29, 1.82) is 0 Å². The highest BCUT2D eigenvalue weighted by Crippen LogP contribution is 2.41. The molecule has 1 N–H and O–H groups in total. The van der Waals surface area contributed by atoms with Crippen LogP contribution in [0.3, 0.4) is 0 Å². The molecule has 6 nitrogen and oxygen atoms in total. The number of carbonyl (C=O) groups is 2. The Morgan fingerprint density at radius 2 is 1.96 bits per heavy atom. The summed E-state index contributed by atoms with van der Waals surface area (Å²) in [6.45, 7) is 2.51. The summed E-state index contributed by atoms with van der Waals surface area (Å²) in [6.07, 6.45) is 2.32. The molecule has 1 heterocycles. The molecular weight excluding hydrogens is 308 g/mol. The Hall–Kier alpha value is -2.24. The molecule has 3 rings (SSSR count). The summed E-state index contributed by atoms with van der Waals surface area (Å²) in [7, 11) is 3.16. The summed E-state index contributed by atoms with van der Waals surface area (Å²) in [5.41, 5.74) is 0.899. The number of benzene rings is 1. The fourth-order valence-corrected chi connectivity index (χ4v) is 3.38. The van der Waals surface area contributed by atoms with Crippen LogP contribution in [0, 0.1) is 5.92 Å². The lowest BCUT2D eigenvalue weighted by Gasteiger charge is -2.27. The van der Waals surface area contributed by atoms with Crippen molar-refractivity contribution in [2.24, 2.45) is 5.92 Å². The summed E-state index contributed by atoms with van der Waals surface area (Å²) in [5, 5.41) is 3.04. The first-order valence-corrected chi connectivity index (χ1v) is 8.40. The van der Waals surface area contributed by atoms with Gasteiger partial charge < -0.3 is 19.7 Å². The van der Waals surface area contributed by atoms with E-state index in [1.165, 1.54) is 0 Å². The van der Waals surface area contributed by atoms with Gasteiger partial charge in [0.05, 0.1) is 26.2 Å². The second-order valence-corrected chi connectivity index (χ2v) is 6.33. The Morgan fingerprint density at radius 1 is 1.25 bits per heavy atom. The molecule has 2 amide bonds. The summed E-state index contributed by atoms with van der Waals surface area (Å²) in [5.74, 6) is 0.866. The Balaban J connectivity index is 1.93. The van der Waals surface area contributed by atoms with Crippen molar-refractivity contribution in [2.45, 2.75) is 38.3 Å². The number of likely N-dealkylation sites (tertiary alicyclic amines) is 1. The van der Waals surface area contributed by atoms with Crippen LogP contribution < -0.4 is 14.8 Å². The molecular formula is C18H24N2O4. The highest BCUT2D eigenvalue weighted by atomic mass is 16.5. The minimum atomic E-state index is -0.365. The maximum atomic E-state index is 12.6. The van der Waals surface area contributed by atoms with Crippen LogP contribution in [0.4, 0.5) is 0 Å². The van der Waals surface area contributed by atoms with E-state index >= 15 is 0 Å². The van der Waals surface area contributed by atoms with Crippen molar-refractivity contribution in [3.05, 3.63) is 23.8 Å². The van der Waals surface area contributed by atoms with E-state index in [0.717, 1.165) is 18.4 Å². The van der Waals surface area contributed by atoms with Gasteiger partial charge in [-0.1, -0.05) is 6.07 Å². The van der Waals surface area contributed by atoms with Gasteiger partial charge in [0, 0.05) is 19.0 Å². The Morgan fingerprint density at radius 3 is 2.54 bits per heavy atom. The van der Waals surface area contributed by atoms with Gasteiger partial charge in [-0.3, -0.25) is 9.59 Å². The summed E-state index contributed by atoms with van der Waals surface area (Å²) < 4.78 is 10.7. The Labute approximate surface area is 142 Å². The molecule has 0 radical (unpaired) electrons. The predicted octanol–water partition coefficient (Wildman–Crippen LogP) is 1.89. The number of amides is 2. The largest absolute Gasteiger partial charge is 0.493 e. The molecule has 1 aliphatic heterocycles. The van der Waals surface area contributed by atoms with E-state index in [9.17, 15) is 9.59 Å². The first-order chi connectivity index (χ1) is 11.6. The van der Waals surface area contributed by atoms with E-state index in [1.807, 2.05) is 25.1 Å². The van der Waals surface area contributed by atoms with Gasteiger partial charge in [-0.15, -0.1) is 0 Å². The van der Waals surface area contributed by atoms with Crippen molar-refractivity contribution in [3.8, 4) is 11.5 Å². The standard InChI is InChI=1S/C18H24N2O4/c1-4-20-16(21)10-13(18(22)19-12-6-7-12)17(20)11-5-8-14(23-2)15(9-11)24-3/h5,8-9,12-13,17H,4,6-7,10H2,1-3H3,(H,19,22)/t13-,17+/m1/s1. The fourth-order valence-electron chi connectivity index (χ4n) is 3.38. The van der Waals surface area contributed by atoms with Gasteiger partial charge in [0.15, 0.2) is 11.5 Å². The van der Waals surface area contributed by atoms with Crippen LogP contribution in [0.15, 0.2) is 18.2 Å². The van der Waals surface area contributed by atoms with Gasteiger partial charge in [-0.05, 0) is 37.5 Å². The molecule has 1 saturated heterocycles. The SMILES string of the molecule is CCN1C(=O)C[C@@H](C(=O)NC2CC2)[C@@H]1c1ccc(OC)c(OC)c1. The monoisotopic (exact) mass is 332 g/mol. The molecule has 0 aromatic heterocycles. The zero-order chi connectivity index (χ0) is 17.3. The number of rotatable bonds is 6. The van der Waals surface area contributed by atoms with E-state index in [2.05, 4.69) is 5.32 Å². The number of hydrogen-bond acceptors (Lipinski definition) is 4. The fraction of sp³-hybridized carbons (Fsp3) is 0.556. The van der Waals surface area contributed by atoms with E-state index in [1.54, 1.807) is 19.1 Å². The highest BCUT2D eigenvalue weighted by molar-refractivity contribution is 5.90. The molecule has 0 unspecified atom stereocenters. The van der Waals surface area contributed by atoms with Crippen LogP contribution in [0.25, 0.3) is 0 Å². The summed E-state index contributed by atoms with van der Waals surface area (Å²) >= 11 is 0. The molecule has 2 atom stereocenters. The Bertz CT molecular complexity index is 642. The molecule has 1 aromatic rings. The molecule has 6 heteroatoms. The number of carbonyl (C=O) groups excluding carboxylic acids is 2. The van der Waals surface area contributed by atoms with E-state index in [-0.39, 0.29) is 36.2 Å². The van der Waals surface area contributed by atoms with E-state index in [4.69, 9.17) is 9.47 Å². The van der Waals surface area contributed by atoms with Crippen LogP contribution in [-0.4, -0.2) is 43.5 Å². The second-order valence-electron chi connectivity index (χ2n) is 6.33. The minimum Gasteiger partial charge on any atom is -0.493 e. The first kappa shape index (κ1) is 16.6. The van der Waals surface area contributed by atoms with Crippen molar-refractivity contribution in [2.75, 3.05) is 20.8 Å². The predicted molar refractivity (Wildman–Crippen MR) is 88.9 cm³/mol. The molecule has 24 heavy (non-hydrogen) atoms. The minimum absolute atomic E-state index is 0.0215. The van der Waals surface area contributed by atoms with Gasteiger partial charge in [-0.25, -0.2) is 0 Å². The average molecular weight is 332 g/mol. The normalized spacial score (nSPS) is 23.3. The average Bonchev–Trinajstić information content (AvgIpc) is 3.34. The van der Waals surface area contributed by atoms with E-state index in [0.29, 0.717) is 18.0 Å². The number of methoxy groups -OCH3 is 2. The molecule has 2 aliphatic rings. The van der Waals surface area contributed by atoms with E-state index < -0.39 is 0 Å². The lowest BCUT2D eigenvalue weighted by atomic mass is 9.92. The zero-order valence-corrected chi connectivity index (χ0v) is 14.4. The number of ether oxygens (including phenoxy) is 2. The van der Waals surface area contributed by atoms with Crippen molar-refractivity contribution >= 4 is 11.8 Å². The van der Waals surface area contributed by atoms with Crippen molar-refractivity contribution in [1.82, 2.24) is 10.2 Å². The van der Waals surface area contributed by atoms with Crippen LogP contribution in [0.1, 0.15) is 37.8 Å². The van der Waals surface area contributed by atoms with Gasteiger partial charge in [-0.2, -0.15) is 0 Å². The third kappa shape index (κ3) is 3.05. The van der Waals surface area contributed by atoms with Crippen molar-refractivity contribution < 1.29 is 19.1 Å². The third-order valence-electron chi connectivity index (χ3n) is 4.78. The van der Waals surface area contributed by atoms with Gasteiger partial charge >= 0.3 is 0 Å². The molecule has 1 aliphatic carbocycles. The number of nitrogens with zero attached hydrogens (tertiary/aromatic N) is 1. The molecule has 1 aromatic carbocycles. The summed E-state index contributed by atoms with van der Waals surface area (Å²) in [6, 6.07) is 5.61. The maximum Gasteiger partial charge on any atom is 0.226 e. The smallest absolute Gasteiger partial charge is 0.226 e. The van der Waals surface area contributed by atoms with Crippen LogP contribution in [-0.2, 0) is 9.59 Å². The zero-order valence-electron chi connectivity index (χ0n) is 14.4. The quantitative estimate of drug-likeness (QED) is 0.864. The van der Waals surface area contributed by atoms with Gasteiger partial charge in [0.1, 0.15) is 0 Å². The maximum absolute atomic E-state index is 12.6. The first-order valence-electron chi connectivity index (χ1n) is 8.40. The third-order valence-corrected chi connectivity index (χ3v) is 4.78. The van der Waals surface area contributed by atoms with Crippen LogP contribution in [0.5, 0.6) is 11.5 Å². The van der Waals surface area contributed by atoms with Crippen molar-refractivity contribution in [3.63, 3.8) is 0 Å². The molecule has 130 valence electrons. The molecule has 0 bridgehead atoms. The van der Waals surface area contributed by atoms with Crippen LogP contribution >= 0.6 is 0 Å². The van der Waals surface area contributed by atoms with Gasteiger partial charge in [0.2, 0.25) is 11.8 Å². The topological polar surface area (TPSA) is 67.9 Å². The number of hydrogen-bond donors (Lipinski definition) is 1. The number of nitrogens with one attached hydrogen (secondary N) is 1. The Kier molecular flexibility index (Phi) is 4.64. The lowest BCUT2D eigenvalue weighted by molar-refractivity contribution is -0.129. The lowest BCUT2D eigenvalue weighted by Crippen LogP contribution is -2.36. The molecule has 1 saturated carbocycles.